The fourth-order valence-corrected chi connectivity index (χ4v) is 3.35. The Balaban J connectivity index is 1.53. The second-order valence-electron chi connectivity index (χ2n) is 6.39. The predicted octanol–water partition coefficient (Wildman–Crippen LogP) is 2.95. The molecule has 1 fully saturated rings. The van der Waals surface area contributed by atoms with Crippen molar-refractivity contribution in [2.45, 2.75) is 12.5 Å². The van der Waals surface area contributed by atoms with E-state index in [1.165, 1.54) is 23.8 Å². The first-order chi connectivity index (χ1) is 12.0. The van der Waals surface area contributed by atoms with E-state index in [9.17, 15) is 14.3 Å². The number of anilines is 1. The van der Waals surface area contributed by atoms with Gasteiger partial charge in [-0.1, -0.05) is 41.9 Å². The second kappa shape index (κ2) is 7.95. The molecule has 0 bridgehead atoms. The van der Waals surface area contributed by atoms with E-state index in [4.69, 9.17) is 11.6 Å². The minimum Gasteiger partial charge on any atom is -0.391 e. The molecule has 1 aliphatic heterocycles. The second-order valence-corrected chi connectivity index (χ2v) is 6.80. The molecule has 0 spiro atoms. The molecule has 4 nitrogen and oxygen atoms in total. The molecular weight excluding hydrogens is 343 g/mol. The van der Waals surface area contributed by atoms with Crippen molar-refractivity contribution < 1.29 is 14.3 Å². The van der Waals surface area contributed by atoms with Crippen LogP contribution in [0.1, 0.15) is 5.56 Å². The van der Waals surface area contributed by atoms with Crippen molar-refractivity contribution in [1.29, 1.82) is 0 Å². The highest BCUT2D eigenvalue weighted by molar-refractivity contribution is 6.31. The van der Waals surface area contributed by atoms with Crippen LogP contribution in [0.3, 0.4) is 0 Å². The number of hydrogen-bond donors (Lipinski definition) is 2. The molecule has 1 saturated heterocycles. The zero-order valence-electron chi connectivity index (χ0n) is 13.7. The molecule has 2 N–H and O–H groups in total. The molecule has 132 valence electrons. The number of rotatable bonds is 5. The van der Waals surface area contributed by atoms with Gasteiger partial charge in [-0.3, -0.25) is 9.69 Å². The quantitative estimate of drug-likeness (QED) is 0.859. The molecule has 1 heterocycles. The van der Waals surface area contributed by atoms with Gasteiger partial charge in [0.05, 0.1) is 17.7 Å². The Morgan fingerprint density at radius 3 is 2.72 bits per heavy atom. The molecule has 1 aliphatic rings. The van der Waals surface area contributed by atoms with Gasteiger partial charge in [0.1, 0.15) is 5.82 Å². The minimum atomic E-state index is -0.522. The molecule has 1 amide bonds. The van der Waals surface area contributed by atoms with Gasteiger partial charge in [0, 0.05) is 24.7 Å². The molecular formula is C19H20ClFN2O2. The minimum absolute atomic E-state index is 0.0303. The molecule has 0 radical (unpaired) electrons. The number of benzene rings is 2. The molecule has 6 heteroatoms. The smallest absolute Gasteiger partial charge is 0.238 e. The topological polar surface area (TPSA) is 52.6 Å². The number of carbonyl (C=O) groups is 1. The molecule has 2 atom stereocenters. The van der Waals surface area contributed by atoms with Crippen LogP contribution in [0.5, 0.6) is 0 Å². The van der Waals surface area contributed by atoms with Crippen molar-refractivity contribution in [3.8, 4) is 0 Å². The van der Waals surface area contributed by atoms with Crippen LogP contribution in [-0.4, -0.2) is 41.7 Å². The largest absolute Gasteiger partial charge is 0.391 e. The van der Waals surface area contributed by atoms with E-state index >= 15 is 0 Å². The van der Waals surface area contributed by atoms with Crippen LogP contribution in [0.2, 0.25) is 5.02 Å². The van der Waals surface area contributed by atoms with Crippen LogP contribution in [0.15, 0.2) is 48.5 Å². The lowest BCUT2D eigenvalue weighted by Crippen LogP contribution is -2.32. The number of β-amino-alcohol motifs (C(OH)–C–C–N with tert-alkyl or cyclic N) is 1. The van der Waals surface area contributed by atoms with Gasteiger partial charge >= 0.3 is 0 Å². The van der Waals surface area contributed by atoms with Crippen LogP contribution >= 0.6 is 11.6 Å². The maximum atomic E-state index is 13.1. The highest BCUT2D eigenvalue weighted by Gasteiger charge is 2.32. The Labute approximate surface area is 151 Å². The van der Waals surface area contributed by atoms with Gasteiger partial charge in [0.2, 0.25) is 5.91 Å². The molecule has 0 aromatic heterocycles. The maximum absolute atomic E-state index is 13.1. The summed E-state index contributed by atoms with van der Waals surface area (Å²) in [5, 5.41) is 12.9. The third kappa shape index (κ3) is 4.78. The van der Waals surface area contributed by atoms with Crippen molar-refractivity contribution in [2.24, 2.45) is 5.92 Å². The first-order valence-electron chi connectivity index (χ1n) is 8.20. The Morgan fingerprint density at radius 2 is 2.00 bits per heavy atom. The number of amides is 1. The van der Waals surface area contributed by atoms with Crippen LogP contribution in [0.25, 0.3) is 0 Å². The molecule has 0 saturated carbocycles. The van der Waals surface area contributed by atoms with E-state index in [1.807, 2.05) is 35.2 Å². The lowest BCUT2D eigenvalue weighted by atomic mass is 9.97. The van der Waals surface area contributed by atoms with E-state index in [0.29, 0.717) is 18.8 Å². The summed E-state index contributed by atoms with van der Waals surface area (Å²) >= 11 is 5.71. The van der Waals surface area contributed by atoms with Gasteiger partial charge in [-0.25, -0.2) is 4.39 Å². The monoisotopic (exact) mass is 362 g/mol. The van der Waals surface area contributed by atoms with Crippen molar-refractivity contribution in [1.82, 2.24) is 4.90 Å². The summed E-state index contributed by atoms with van der Waals surface area (Å²) in [7, 11) is 0. The highest BCUT2D eigenvalue weighted by Crippen LogP contribution is 2.22. The standard InChI is InChI=1S/C19H20ClFN2O2/c20-16-9-15(6-7-17(16)21)22-19(25)12-23-10-14(18(24)11-23)8-13-4-2-1-3-5-13/h1-7,9,14,18,24H,8,10-12H2,(H,22,25)/t14-,18-/m1/s1. The Hall–Kier alpha value is -1.95. The van der Waals surface area contributed by atoms with Gasteiger partial charge in [-0.05, 0) is 30.2 Å². The Morgan fingerprint density at radius 1 is 1.24 bits per heavy atom. The number of likely N-dealkylation sites (tertiary alicyclic amines) is 1. The average molecular weight is 363 g/mol. The molecule has 2 aromatic rings. The highest BCUT2D eigenvalue weighted by atomic mass is 35.5. The Bertz CT molecular complexity index is 741. The van der Waals surface area contributed by atoms with Crippen LogP contribution < -0.4 is 5.32 Å². The summed E-state index contributed by atoms with van der Waals surface area (Å²) in [5.41, 5.74) is 1.63. The molecule has 3 rings (SSSR count). The number of carbonyl (C=O) groups excluding carboxylic acids is 1. The van der Waals surface area contributed by atoms with Gasteiger partial charge in [0.15, 0.2) is 0 Å². The maximum Gasteiger partial charge on any atom is 0.238 e. The molecule has 0 unspecified atom stereocenters. The summed E-state index contributed by atoms with van der Waals surface area (Å²) in [5.74, 6) is -0.628. The van der Waals surface area contributed by atoms with Gasteiger partial charge < -0.3 is 10.4 Å². The van der Waals surface area contributed by atoms with E-state index in [0.717, 1.165) is 6.42 Å². The van der Waals surface area contributed by atoms with E-state index < -0.39 is 11.9 Å². The number of hydrogen-bond acceptors (Lipinski definition) is 3. The lowest BCUT2D eigenvalue weighted by molar-refractivity contribution is -0.117. The molecule has 25 heavy (non-hydrogen) atoms. The Kier molecular flexibility index (Phi) is 5.68. The third-order valence-electron chi connectivity index (χ3n) is 4.39. The van der Waals surface area contributed by atoms with Crippen molar-refractivity contribution in [3.05, 3.63) is 64.9 Å². The van der Waals surface area contributed by atoms with E-state index in [-0.39, 0.29) is 23.4 Å². The normalized spacial score (nSPS) is 20.6. The summed E-state index contributed by atoms with van der Waals surface area (Å²) in [4.78, 5) is 14.1. The summed E-state index contributed by atoms with van der Waals surface area (Å²) in [6, 6.07) is 14.1. The number of halogens is 2. The number of nitrogens with one attached hydrogen (secondary N) is 1. The summed E-state index contributed by atoms with van der Waals surface area (Å²) in [6.07, 6.45) is 0.335. The first kappa shape index (κ1) is 17.9. The number of nitrogens with zero attached hydrogens (tertiary/aromatic N) is 1. The van der Waals surface area contributed by atoms with E-state index in [1.54, 1.807) is 0 Å². The van der Waals surface area contributed by atoms with Crippen molar-refractivity contribution in [2.75, 3.05) is 25.0 Å². The zero-order chi connectivity index (χ0) is 17.8. The van der Waals surface area contributed by atoms with Crippen LogP contribution in [0, 0.1) is 11.7 Å². The number of aliphatic hydroxyl groups is 1. The van der Waals surface area contributed by atoms with Gasteiger partial charge in [-0.15, -0.1) is 0 Å². The first-order valence-corrected chi connectivity index (χ1v) is 8.58. The molecule has 2 aromatic carbocycles. The summed E-state index contributed by atoms with van der Waals surface area (Å²) < 4.78 is 13.1. The van der Waals surface area contributed by atoms with Crippen molar-refractivity contribution in [3.63, 3.8) is 0 Å². The SMILES string of the molecule is O=C(CN1C[C@@H](Cc2ccccc2)[C@H](O)C1)Nc1ccc(F)c(Cl)c1. The average Bonchev–Trinajstić information content (AvgIpc) is 2.91. The zero-order valence-corrected chi connectivity index (χ0v) is 14.4. The lowest BCUT2D eigenvalue weighted by Gasteiger charge is -2.15. The fourth-order valence-electron chi connectivity index (χ4n) is 3.17. The van der Waals surface area contributed by atoms with Crippen LogP contribution in [0.4, 0.5) is 10.1 Å². The predicted molar refractivity (Wildman–Crippen MR) is 96.1 cm³/mol. The summed E-state index contributed by atoms with van der Waals surface area (Å²) in [6.45, 7) is 1.31. The number of aliphatic hydroxyl groups excluding tert-OH is 1. The third-order valence-corrected chi connectivity index (χ3v) is 4.68. The van der Waals surface area contributed by atoms with Gasteiger partial charge in [-0.2, -0.15) is 0 Å². The molecule has 0 aliphatic carbocycles. The van der Waals surface area contributed by atoms with Crippen molar-refractivity contribution >= 4 is 23.2 Å². The van der Waals surface area contributed by atoms with Gasteiger partial charge in [0.25, 0.3) is 0 Å². The van der Waals surface area contributed by atoms with Crippen LogP contribution in [-0.2, 0) is 11.2 Å². The fraction of sp³-hybridized carbons (Fsp3) is 0.316. The van der Waals surface area contributed by atoms with E-state index in [2.05, 4.69) is 5.32 Å².